The van der Waals surface area contributed by atoms with Crippen LogP contribution in [0.25, 0.3) is 5.57 Å². The van der Waals surface area contributed by atoms with Gasteiger partial charge < -0.3 is 10.1 Å². The summed E-state index contributed by atoms with van der Waals surface area (Å²) in [7, 11) is 0. The van der Waals surface area contributed by atoms with Gasteiger partial charge in [0.2, 0.25) is 5.95 Å². The van der Waals surface area contributed by atoms with Gasteiger partial charge in [0, 0.05) is 49.4 Å². The molecule has 33 heavy (non-hydrogen) atoms. The Balaban J connectivity index is 1.68. The molecule has 1 N–H and O–H groups in total. The van der Waals surface area contributed by atoms with Gasteiger partial charge in [-0.3, -0.25) is 19.7 Å². The molecule has 1 amide bonds. The summed E-state index contributed by atoms with van der Waals surface area (Å²) in [6.07, 6.45) is -0.476. The smallest absolute Gasteiger partial charge is 0.379 e. The number of morpholine rings is 1. The summed E-state index contributed by atoms with van der Waals surface area (Å²) in [4.78, 5) is 26.6. The first-order valence-electron chi connectivity index (χ1n) is 10.2. The number of rotatable bonds is 4. The van der Waals surface area contributed by atoms with E-state index >= 15 is 0 Å². The zero-order valence-electron chi connectivity index (χ0n) is 17.7. The van der Waals surface area contributed by atoms with Crippen molar-refractivity contribution in [2.75, 3.05) is 26.3 Å². The van der Waals surface area contributed by atoms with Crippen molar-refractivity contribution in [1.29, 1.82) is 0 Å². The molecule has 0 saturated carbocycles. The molecule has 7 nitrogen and oxygen atoms in total. The summed E-state index contributed by atoms with van der Waals surface area (Å²) in [5, 5.41) is 2.89. The molecule has 11 heteroatoms. The molecule has 4 heterocycles. The number of hydrogen-bond acceptors (Lipinski definition) is 6. The number of carbonyl (C=O) groups is 1. The lowest BCUT2D eigenvalue weighted by molar-refractivity contribution is -0.141. The number of carbonyl (C=O) groups excluding carboxylic acids is 1. The lowest BCUT2D eigenvalue weighted by Crippen LogP contribution is -2.65. The van der Waals surface area contributed by atoms with Crippen LogP contribution in [0.15, 0.2) is 47.3 Å². The Bertz CT molecular complexity index is 1090. The van der Waals surface area contributed by atoms with E-state index in [0.717, 1.165) is 11.8 Å². The van der Waals surface area contributed by atoms with Gasteiger partial charge in [-0.2, -0.15) is 17.6 Å². The maximum Gasteiger partial charge on any atom is 0.433 e. The number of aromatic nitrogens is 2. The topological polar surface area (TPSA) is 79.7 Å². The third kappa shape index (κ3) is 4.93. The highest BCUT2D eigenvalue weighted by atomic mass is 19.4. The van der Waals surface area contributed by atoms with Crippen LogP contribution in [0.5, 0.6) is 0 Å². The second-order valence-corrected chi connectivity index (χ2v) is 7.77. The lowest BCUT2D eigenvalue weighted by Gasteiger charge is -2.45. The molecule has 2 aliphatic heterocycles. The Hall–Kier alpha value is -3.18. The number of nitrogens with zero attached hydrogens (tertiary/aromatic N) is 4. The van der Waals surface area contributed by atoms with Crippen molar-refractivity contribution in [2.45, 2.75) is 25.2 Å². The molecule has 4 rings (SSSR count). The maximum absolute atomic E-state index is 13.3. The Morgan fingerprint density at radius 2 is 1.94 bits per heavy atom. The van der Waals surface area contributed by atoms with Gasteiger partial charge in [0.05, 0.1) is 13.2 Å². The molecule has 0 spiro atoms. The van der Waals surface area contributed by atoms with Crippen molar-refractivity contribution in [3.63, 3.8) is 0 Å². The number of ether oxygens (including phenoxy) is 1. The van der Waals surface area contributed by atoms with E-state index in [0.29, 0.717) is 43.6 Å². The minimum Gasteiger partial charge on any atom is -0.379 e. The molecule has 1 unspecified atom stereocenters. The average molecular weight is 463 g/mol. The van der Waals surface area contributed by atoms with E-state index in [4.69, 9.17) is 4.74 Å². The highest BCUT2D eigenvalue weighted by Gasteiger charge is 2.41. The molecular weight excluding hydrogens is 442 g/mol. The van der Waals surface area contributed by atoms with Gasteiger partial charge in [-0.1, -0.05) is 0 Å². The Labute approximate surface area is 187 Å². The van der Waals surface area contributed by atoms with Gasteiger partial charge in [-0.15, -0.1) is 0 Å². The minimum absolute atomic E-state index is 0.172. The Morgan fingerprint density at radius 1 is 1.18 bits per heavy atom. The van der Waals surface area contributed by atoms with E-state index in [9.17, 15) is 22.4 Å². The standard InChI is InChI=1S/C22H21F4N5O2/c1-14-17(16-2-3-19(23)28-12-16)11-21(13-29-14,31-6-8-33-9-7-31)30-20(32)15-4-5-27-18(10-15)22(24,25)26/h2-5,10,12-13H,6-9,11H2,1H3,(H,30,32). The first-order valence-corrected chi connectivity index (χ1v) is 10.2. The number of aliphatic imine (C=N–C) groups is 1. The number of nitrogens with one attached hydrogen (secondary N) is 1. The van der Waals surface area contributed by atoms with Gasteiger partial charge in [-0.05, 0) is 42.3 Å². The quantitative estimate of drug-likeness (QED) is 0.556. The molecule has 0 aliphatic carbocycles. The van der Waals surface area contributed by atoms with Gasteiger partial charge in [0.1, 0.15) is 11.4 Å². The molecule has 1 saturated heterocycles. The number of amides is 1. The Morgan fingerprint density at radius 3 is 2.61 bits per heavy atom. The van der Waals surface area contributed by atoms with Crippen LogP contribution in [0.2, 0.25) is 0 Å². The molecular formula is C22H21F4N5O2. The zero-order chi connectivity index (χ0) is 23.6. The second-order valence-electron chi connectivity index (χ2n) is 7.77. The summed E-state index contributed by atoms with van der Waals surface area (Å²) in [6.45, 7) is 3.59. The van der Waals surface area contributed by atoms with Crippen LogP contribution in [0, 0.1) is 5.95 Å². The molecule has 2 aliphatic rings. The van der Waals surface area contributed by atoms with Crippen molar-refractivity contribution in [3.8, 4) is 0 Å². The van der Waals surface area contributed by atoms with Crippen LogP contribution in [0.1, 0.15) is 35.0 Å². The summed E-state index contributed by atoms with van der Waals surface area (Å²) < 4.78 is 58.0. The summed E-state index contributed by atoms with van der Waals surface area (Å²) in [6, 6.07) is 4.75. The van der Waals surface area contributed by atoms with Crippen LogP contribution in [-0.4, -0.2) is 59.0 Å². The van der Waals surface area contributed by atoms with Crippen molar-refractivity contribution in [3.05, 3.63) is 65.1 Å². The summed E-state index contributed by atoms with van der Waals surface area (Å²) in [5.74, 6) is -1.32. The predicted octanol–water partition coefficient (Wildman–Crippen LogP) is 3.30. The van der Waals surface area contributed by atoms with E-state index in [1.807, 2.05) is 4.90 Å². The first kappa shape index (κ1) is 23.0. The third-order valence-electron chi connectivity index (χ3n) is 5.65. The molecule has 1 fully saturated rings. The van der Waals surface area contributed by atoms with E-state index in [2.05, 4.69) is 20.3 Å². The van der Waals surface area contributed by atoms with Gasteiger partial charge >= 0.3 is 6.18 Å². The van der Waals surface area contributed by atoms with Crippen molar-refractivity contribution >= 4 is 17.7 Å². The first-order chi connectivity index (χ1) is 15.7. The summed E-state index contributed by atoms with van der Waals surface area (Å²) in [5.41, 5.74) is -0.393. The largest absolute Gasteiger partial charge is 0.433 e. The zero-order valence-corrected chi connectivity index (χ0v) is 17.7. The van der Waals surface area contributed by atoms with Crippen molar-refractivity contribution < 1.29 is 27.1 Å². The molecule has 174 valence electrons. The molecule has 2 aromatic rings. The molecule has 2 aromatic heterocycles. The number of pyridine rings is 2. The molecule has 0 aromatic carbocycles. The van der Waals surface area contributed by atoms with Gasteiger partial charge in [0.15, 0.2) is 0 Å². The van der Waals surface area contributed by atoms with Crippen LogP contribution in [0.4, 0.5) is 17.6 Å². The fourth-order valence-electron chi connectivity index (χ4n) is 3.90. The monoisotopic (exact) mass is 463 g/mol. The number of alkyl halides is 3. The van der Waals surface area contributed by atoms with E-state index in [-0.39, 0.29) is 12.0 Å². The average Bonchev–Trinajstić information content (AvgIpc) is 2.81. The minimum atomic E-state index is -4.67. The highest BCUT2D eigenvalue weighted by Crippen LogP contribution is 2.34. The van der Waals surface area contributed by atoms with E-state index < -0.39 is 29.4 Å². The fourth-order valence-corrected chi connectivity index (χ4v) is 3.90. The normalized spacial score (nSPS) is 21.8. The van der Waals surface area contributed by atoms with E-state index in [1.54, 1.807) is 19.2 Å². The van der Waals surface area contributed by atoms with Crippen LogP contribution < -0.4 is 5.32 Å². The summed E-state index contributed by atoms with van der Waals surface area (Å²) >= 11 is 0. The van der Waals surface area contributed by atoms with Crippen molar-refractivity contribution in [1.82, 2.24) is 20.2 Å². The number of allylic oxidation sites excluding steroid dienone is 1. The SMILES string of the molecule is CC1=C(c2ccc(F)nc2)CC(NC(=O)c2ccnc(C(F)(F)F)c2)(N2CCOCC2)C=N1. The van der Waals surface area contributed by atoms with Crippen LogP contribution in [0.3, 0.4) is 0 Å². The Kier molecular flexibility index (Phi) is 6.26. The van der Waals surface area contributed by atoms with Crippen molar-refractivity contribution in [2.24, 2.45) is 4.99 Å². The maximum atomic E-state index is 13.3. The van der Waals surface area contributed by atoms with Gasteiger partial charge in [0.25, 0.3) is 5.91 Å². The lowest BCUT2D eigenvalue weighted by atomic mass is 9.90. The number of hydrogen-bond donors (Lipinski definition) is 1. The highest BCUT2D eigenvalue weighted by molar-refractivity contribution is 5.98. The molecule has 0 bridgehead atoms. The van der Waals surface area contributed by atoms with Crippen LogP contribution in [-0.2, 0) is 10.9 Å². The number of halogens is 4. The third-order valence-corrected chi connectivity index (χ3v) is 5.65. The van der Waals surface area contributed by atoms with Gasteiger partial charge in [-0.25, -0.2) is 4.98 Å². The second kappa shape index (κ2) is 8.99. The van der Waals surface area contributed by atoms with Crippen LogP contribution >= 0.6 is 0 Å². The fraction of sp³-hybridized carbons (Fsp3) is 0.364. The molecule has 1 atom stereocenters. The predicted molar refractivity (Wildman–Crippen MR) is 112 cm³/mol. The molecule has 0 radical (unpaired) electrons. The van der Waals surface area contributed by atoms with E-state index in [1.165, 1.54) is 18.3 Å².